The Kier molecular flexibility index (Phi) is 6.25. The molecule has 0 aliphatic heterocycles. The molecule has 0 bridgehead atoms. The van der Waals surface area contributed by atoms with Gasteiger partial charge in [0.1, 0.15) is 0 Å². The third-order valence-corrected chi connectivity index (χ3v) is 5.30. The van der Waals surface area contributed by atoms with E-state index in [4.69, 9.17) is 0 Å². The topological polar surface area (TPSA) is 0 Å². The predicted octanol–water partition coefficient (Wildman–Crippen LogP) is 6.35. The Morgan fingerprint density at radius 3 is 1.70 bits per heavy atom. The maximum atomic E-state index is 12.2. The minimum absolute atomic E-state index is 0.115. The lowest BCUT2D eigenvalue weighted by molar-refractivity contribution is 0.300. The van der Waals surface area contributed by atoms with Gasteiger partial charge in [-0.25, -0.2) is 0 Å². The Morgan fingerprint density at radius 2 is 1.25 bits per heavy atom. The van der Waals surface area contributed by atoms with Crippen molar-refractivity contribution in [3.63, 3.8) is 0 Å². The zero-order valence-electron chi connectivity index (χ0n) is 12.7. The molecule has 2 aliphatic rings. The maximum Gasteiger partial charge on any atom is 0.266 e. The first-order valence-corrected chi connectivity index (χ1v) is 8.38. The molecule has 0 radical (unpaired) electrons. The average Bonchev–Trinajstić information content (AvgIpc) is 2.46. The van der Waals surface area contributed by atoms with E-state index in [1.165, 1.54) is 32.1 Å². The number of rotatable bonds is 4. The van der Waals surface area contributed by atoms with Gasteiger partial charge in [0, 0.05) is 0 Å². The molecule has 0 heterocycles. The Morgan fingerprint density at radius 1 is 0.800 bits per heavy atom. The molecule has 20 heavy (non-hydrogen) atoms. The number of hydrogen-bond donors (Lipinski definition) is 0. The zero-order chi connectivity index (χ0) is 14.4. The van der Waals surface area contributed by atoms with Crippen LogP contribution in [0.2, 0.25) is 0 Å². The summed E-state index contributed by atoms with van der Waals surface area (Å²) in [6.45, 7) is 2.30. The molecule has 2 aliphatic carbocycles. The van der Waals surface area contributed by atoms with Crippen LogP contribution < -0.4 is 0 Å². The van der Waals surface area contributed by atoms with Gasteiger partial charge in [-0.15, -0.1) is 0 Å². The van der Waals surface area contributed by atoms with Crippen LogP contribution in [-0.4, -0.2) is 0 Å². The van der Waals surface area contributed by atoms with Gasteiger partial charge in [-0.05, 0) is 81.1 Å². The summed E-state index contributed by atoms with van der Waals surface area (Å²) in [4.78, 5) is 0. The first-order chi connectivity index (χ1) is 9.67. The lowest BCUT2D eigenvalue weighted by Gasteiger charge is -2.27. The monoisotopic (exact) mass is 282 g/mol. The highest BCUT2D eigenvalue weighted by Gasteiger charge is 2.21. The molecular formula is C18H28F2. The van der Waals surface area contributed by atoms with Crippen molar-refractivity contribution in [1.29, 1.82) is 0 Å². The molecule has 0 aromatic heterocycles. The van der Waals surface area contributed by atoms with Crippen LogP contribution in [0, 0.1) is 23.7 Å². The molecule has 0 nitrogen and oxygen atoms in total. The molecule has 2 fully saturated rings. The standard InChI is InChI=1S/C18H28F2/c1-2-14-3-5-15(6-4-14)7-8-16-9-11-17(12-10-16)13-18(19)20/h7-8,13-17H,2-6,9-12H2,1H3/b8-7+. The molecule has 114 valence electrons. The minimum Gasteiger partial charge on any atom is -0.174 e. The highest BCUT2D eigenvalue weighted by molar-refractivity contribution is 4.98. The molecule has 2 saturated carbocycles. The van der Waals surface area contributed by atoms with E-state index in [0.29, 0.717) is 5.92 Å². The van der Waals surface area contributed by atoms with Gasteiger partial charge in [-0.2, -0.15) is 8.78 Å². The molecule has 0 spiro atoms. The zero-order valence-corrected chi connectivity index (χ0v) is 12.7. The summed E-state index contributed by atoms with van der Waals surface area (Å²) in [5.41, 5.74) is 0. The number of halogens is 2. The molecule has 0 N–H and O–H groups in total. The van der Waals surface area contributed by atoms with Crippen LogP contribution in [0.1, 0.15) is 64.7 Å². The molecule has 0 amide bonds. The van der Waals surface area contributed by atoms with Crippen molar-refractivity contribution in [3.05, 3.63) is 24.3 Å². The van der Waals surface area contributed by atoms with Gasteiger partial charge < -0.3 is 0 Å². The smallest absolute Gasteiger partial charge is 0.174 e. The van der Waals surface area contributed by atoms with Crippen LogP contribution in [0.5, 0.6) is 0 Å². The van der Waals surface area contributed by atoms with Crippen molar-refractivity contribution in [2.24, 2.45) is 23.7 Å². The normalized spacial score (nSPS) is 35.1. The van der Waals surface area contributed by atoms with Crippen LogP contribution in [0.25, 0.3) is 0 Å². The third-order valence-electron chi connectivity index (χ3n) is 5.30. The van der Waals surface area contributed by atoms with E-state index in [0.717, 1.165) is 43.6 Å². The van der Waals surface area contributed by atoms with Crippen molar-refractivity contribution in [1.82, 2.24) is 0 Å². The second-order valence-electron chi connectivity index (χ2n) is 6.71. The van der Waals surface area contributed by atoms with Crippen LogP contribution in [0.3, 0.4) is 0 Å². The summed E-state index contributed by atoms with van der Waals surface area (Å²) in [6, 6.07) is 0. The van der Waals surface area contributed by atoms with Crippen molar-refractivity contribution in [2.45, 2.75) is 64.7 Å². The maximum absolute atomic E-state index is 12.2. The lowest BCUT2D eigenvalue weighted by Crippen LogP contribution is -2.14. The van der Waals surface area contributed by atoms with E-state index in [1.807, 2.05) is 0 Å². The second-order valence-corrected chi connectivity index (χ2v) is 6.71. The predicted molar refractivity (Wildman–Crippen MR) is 80.6 cm³/mol. The summed E-state index contributed by atoms with van der Waals surface area (Å²) in [7, 11) is 0. The molecule has 0 aromatic rings. The van der Waals surface area contributed by atoms with Gasteiger partial charge in [0.15, 0.2) is 0 Å². The van der Waals surface area contributed by atoms with E-state index < -0.39 is 6.08 Å². The largest absolute Gasteiger partial charge is 0.266 e. The molecule has 2 heteroatoms. The highest BCUT2D eigenvalue weighted by Crippen LogP contribution is 2.34. The Labute approximate surface area is 122 Å². The van der Waals surface area contributed by atoms with Gasteiger partial charge >= 0.3 is 0 Å². The molecule has 0 saturated heterocycles. The third kappa shape index (κ3) is 5.03. The first kappa shape index (κ1) is 15.7. The van der Waals surface area contributed by atoms with Gasteiger partial charge in [-0.1, -0.05) is 25.5 Å². The highest BCUT2D eigenvalue weighted by atomic mass is 19.3. The minimum atomic E-state index is -1.50. The molecule has 0 unspecified atom stereocenters. The van der Waals surface area contributed by atoms with Crippen molar-refractivity contribution >= 4 is 0 Å². The SMILES string of the molecule is CCC1CCC(/C=C/C2CCC(C=C(F)F)CC2)CC1. The first-order valence-electron chi connectivity index (χ1n) is 8.38. The van der Waals surface area contributed by atoms with Crippen LogP contribution >= 0.6 is 0 Å². The molecular weight excluding hydrogens is 254 g/mol. The second kappa shape index (κ2) is 7.95. The van der Waals surface area contributed by atoms with E-state index in [1.54, 1.807) is 0 Å². The Balaban J connectivity index is 1.70. The summed E-state index contributed by atoms with van der Waals surface area (Å²) in [5.74, 6) is 2.48. The Hall–Kier alpha value is -0.660. The van der Waals surface area contributed by atoms with E-state index in [9.17, 15) is 8.78 Å². The number of hydrogen-bond acceptors (Lipinski definition) is 0. The molecule has 0 atom stereocenters. The van der Waals surface area contributed by atoms with Gasteiger partial charge in [-0.3, -0.25) is 0 Å². The summed E-state index contributed by atoms with van der Waals surface area (Å²) in [6.07, 6.45) is 15.3. The van der Waals surface area contributed by atoms with Crippen molar-refractivity contribution < 1.29 is 8.78 Å². The fourth-order valence-electron chi connectivity index (χ4n) is 3.79. The van der Waals surface area contributed by atoms with Gasteiger partial charge in [0.2, 0.25) is 0 Å². The van der Waals surface area contributed by atoms with E-state index in [2.05, 4.69) is 19.1 Å². The Bertz CT molecular complexity index is 325. The van der Waals surface area contributed by atoms with E-state index >= 15 is 0 Å². The average molecular weight is 282 g/mol. The van der Waals surface area contributed by atoms with E-state index in [-0.39, 0.29) is 5.92 Å². The summed E-state index contributed by atoms with van der Waals surface area (Å²) < 4.78 is 24.4. The van der Waals surface area contributed by atoms with Crippen molar-refractivity contribution in [2.75, 3.05) is 0 Å². The fraction of sp³-hybridized carbons (Fsp3) is 0.778. The molecule has 0 aromatic carbocycles. The summed E-state index contributed by atoms with van der Waals surface area (Å²) in [5, 5.41) is 0. The van der Waals surface area contributed by atoms with Gasteiger partial charge in [0.05, 0.1) is 0 Å². The lowest BCUT2D eigenvalue weighted by atomic mass is 9.78. The summed E-state index contributed by atoms with van der Waals surface area (Å²) >= 11 is 0. The van der Waals surface area contributed by atoms with Crippen LogP contribution in [0.15, 0.2) is 24.3 Å². The quantitative estimate of drug-likeness (QED) is 0.527. The van der Waals surface area contributed by atoms with Crippen LogP contribution in [0.4, 0.5) is 8.78 Å². The number of allylic oxidation sites excluding steroid dienone is 3. The van der Waals surface area contributed by atoms with Crippen molar-refractivity contribution in [3.8, 4) is 0 Å². The molecule has 2 rings (SSSR count). The van der Waals surface area contributed by atoms with Gasteiger partial charge in [0.25, 0.3) is 6.08 Å². The fourth-order valence-corrected chi connectivity index (χ4v) is 3.79. The van der Waals surface area contributed by atoms with Crippen LogP contribution in [-0.2, 0) is 0 Å².